The monoisotopic (exact) mass is 415 g/mol. The van der Waals surface area contributed by atoms with Crippen LogP contribution < -0.4 is 9.46 Å². The van der Waals surface area contributed by atoms with Gasteiger partial charge in [0, 0.05) is 16.9 Å². The van der Waals surface area contributed by atoms with Crippen LogP contribution in [0.1, 0.15) is 5.56 Å². The van der Waals surface area contributed by atoms with Crippen molar-refractivity contribution in [2.75, 3.05) is 11.8 Å². The summed E-state index contributed by atoms with van der Waals surface area (Å²) < 4.78 is 47.9. The molecule has 0 unspecified atom stereocenters. The summed E-state index contributed by atoms with van der Waals surface area (Å²) in [6.07, 6.45) is 2.77. The van der Waals surface area contributed by atoms with Crippen molar-refractivity contribution in [1.29, 1.82) is 0 Å². The lowest BCUT2D eigenvalue weighted by Crippen LogP contribution is -2.17. The van der Waals surface area contributed by atoms with Gasteiger partial charge in [-0.3, -0.25) is 4.72 Å². The molecule has 0 aliphatic rings. The first-order valence-corrected chi connectivity index (χ1v) is 8.83. The molecule has 11 heteroatoms. The van der Waals surface area contributed by atoms with Gasteiger partial charge >= 0.3 is 0 Å². The van der Waals surface area contributed by atoms with Crippen LogP contribution in [-0.4, -0.2) is 35.1 Å². The molecule has 3 heterocycles. The summed E-state index contributed by atoms with van der Waals surface area (Å²) in [4.78, 5) is 7.40. The molecule has 0 fully saturated rings. The van der Waals surface area contributed by atoms with Gasteiger partial charge in [0.1, 0.15) is 5.69 Å². The molecule has 0 atom stereocenters. The van der Waals surface area contributed by atoms with Crippen molar-refractivity contribution in [1.82, 2.24) is 19.6 Å². The number of methoxy groups -OCH3 is 1. The van der Waals surface area contributed by atoms with Gasteiger partial charge in [0.05, 0.1) is 7.11 Å². The smallest absolute Gasteiger partial charge is 0.299 e. The highest BCUT2D eigenvalue weighted by Crippen LogP contribution is 2.25. The molecule has 3 rings (SSSR count). The van der Waals surface area contributed by atoms with E-state index in [0.717, 1.165) is 0 Å². The summed E-state index contributed by atoms with van der Waals surface area (Å²) in [7, 11) is -2.77. The third-order valence-electron chi connectivity index (χ3n) is 3.16. The number of anilines is 1. The molecule has 0 saturated heterocycles. The van der Waals surface area contributed by atoms with Crippen LogP contribution >= 0.6 is 15.9 Å². The Morgan fingerprint density at radius 2 is 2.17 bits per heavy atom. The van der Waals surface area contributed by atoms with Crippen LogP contribution in [0.15, 0.2) is 34.2 Å². The Balaban J connectivity index is 2.09. The molecular formula is C13H11BrFN5O3S. The molecule has 0 saturated carbocycles. The van der Waals surface area contributed by atoms with Crippen molar-refractivity contribution in [3.8, 4) is 5.75 Å². The molecule has 0 bridgehead atoms. The topological polar surface area (TPSA) is 98.5 Å². The molecule has 3 aromatic heterocycles. The lowest BCUT2D eigenvalue weighted by molar-refractivity contribution is 0.416. The first-order valence-electron chi connectivity index (χ1n) is 6.55. The van der Waals surface area contributed by atoms with E-state index in [1.165, 1.54) is 30.1 Å². The summed E-state index contributed by atoms with van der Waals surface area (Å²) in [5.41, 5.74) is 0.351. The van der Waals surface area contributed by atoms with Gasteiger partial charge in [-0.05, 0) is 40.5 Å². The maximum absolute atomic E-state index is 13.8. The van der Waals surface area contributed by atoms with Crippen molar-refractivity contribution in [3.63, 3.8) is 0 Å². The standard InChI is InChI=1S/C13H11BrFN5O3S/c1-7-3-4-16-11(15)10(7)19-24(21,22)13-17-12-9(23-2)5-8(14)6-20(12)18-13/h3-6,19H,1-2H3. The Morgan fingerprint density at radius 1 is 1.42 bits per heavy atom. The van der Waals surface area contributed by atoms with Gasteiger partial charge in [0.2, 0.25) is 5.95 Å². The third kappa shape index (κ3) is 2.91. The van der Waals surface area contributed by atoms with Crippen molar-refractivity contribution in [3.05, 3.63) is 40.5 Å². The molecule has 1 N–H and O–H groups in total. The highest BCUT2D eigenvalue weighted by Gasteiger charge is 2.24. The minimum absolute atomic E-state index is 0.212. The fourth-order valence-corrected chi connectivity index (χ4v) is 3.41. The number of sulfonamides is 1. The number of aromatic nitrogens is 4. The average Bonchev–Trinajstić information content (AvgIpc) is 2.95. The normalized spacial score (nSPS) is 11.7. The van der Waals surface area contributed by atoms with Gasteiger partial charge in [-0.25, -0.2) is 9.50 Å². The first kappa shape index (κ1) is 16.6. The molecule has 0 aliphatic carbocycles. The van der Waals surface area contributed by atoms with Crippen LogP contribution in [0.5, 0.6) is 5.75 Å². The molecule has 8 nitrogen and oxygen atoms in total. The van der Waals surface area contributed by atoms with Gasteiger partial charge in [-0.15, -0.1) is 5.10 Å². The maximum atomic E-state index is 13.8. The number of fused-ring (bicyclic) bond motifs is 1. The van der Waals surface area contributed by atoms with E-state index >= 15 is 0 Å². The number of rotatable bonds is 4. The number of nitrogens with one attached hydrogen (secondary N) is 1. The highest BCUT2D eigenvalue weighted by molar-refractivity contribution is 9.10. The van der Waals surface area contributed by atoms with Gasteiger partial charge < -0.3 is 4.74 Å². The van der Waals surface area contributed by atoms with Crippen molar-refractivity contribution in [2.24, 2.45) is 0 Å². The second-order valence-electron chi connectivity index (χ2n) is 4.79. The van der Waals surface area contributed by atoms with Crippen LogP contribution in [0.25, 0.3) is 5.65 Å². The fourth-order valence-electron chi connectivity index (χ4n) is 2.00. The Kier molecular flexibility index (Phi) is 4.13. The summed E-state index contributed by atoms with van der Waals surface area (Å²) in [6.45, 7) is 1.56. The summed E-state index contributed by atoms with van der Waals surface area (Å²) in [6, 6.07) is 3.11. The number of hydrogen-bond acceptors (Lipinski definition) is 6. The molecular weight excluding hydrogens is 405 g/mol. The van der Waals surface area contributed by atoms with Crippen LogP contribution in [0.3, 0.4) is 0 Å². The van der Waals surface area contributed by atoms with E-state index in [4.69, 9.17) is 4.74 Å². The molecule has 3 aromatic rings. The average molecular weight is 416 g/mol. The second kappa shape index (κ2) is 5.98. The van der Waals surface area contributed by atoms with Gasteiger partial charge in [-0.1, -0.05) is 0 Å². The molecule has 0 aliphatic heterocycles. The summed E-state index contributed by atoms with van der Waals surface area (Å²) in [5.74, 6) is -0.593. The molecule has 0 spiro atoms. The Morgan fingerprint density at radius 3 is 2.83 bits per heavy atom. The Hall–Kier alpha value is -2.27. The van der Waals surface area contributed by atoms with Crippen molar-refractivity contribution < 1.29 is 17.5 Å². The fraction of sp³-hybridized carbons (Fsp3) is 0.154. The minimum Gasteiger partial charge on any atom is -0.493 e. The number of ether oxygens (including phenoxy) is 1. The van der Waals surface area contributed by atoms with Crippen LogP contribution in [0.2, 0.25) is 0 Å². The predicted molar refractivity (Wildman–Crippen MR) is 87.0 cm³/mol. The van der Waals surface area contributed by atoms with Gasteiger partial charge in [0.25, 0.3) is 15.2 Å². The SMILES string of the molecule is COc1cc(Br)cn2nc(S(=O)(=O)Nc3c(C)ccnc3F)nc12. The van der Waals surface area contributed by atoms with Gasteiger partial charge in [-0.2, -0.15) is 17.8 Å². The van der Waals surface area contributed by atoms with E-state index in [1.54, 1.807) is 13.0 Å². The maximum Gasteiger partial charge on any atom is 0.299 e. The molecule has 24 heavy (non-hydrogen) atoms. The van der Waals surface area contributed by atoms with Crippen molar-refractivity contribution >= 4 is 37.3 Å². The van der Waals surface area contributed by atoms with Crippen LogP contribution in [0.4, 0.5) is 10.1 Å². The summed E-state index contributed by atoms with van der Waals surface area (Å²) >= 11 is 3.27. The van der Waals surface area contributed by atoms with Gasteiger partial charge in [0.15, 0.2) is 11.4 Å². The number of hydrogen-bond donors (Lipinski definition) is 1. The highest BCUT2D eigenvalue weighted by atomic mass is 79.9. The molecule has 0 aromatic carbocycles. The first-order chi connectivity index (χ1) is 11.3. The van der Waals surface area contributed by atoms with E-state index in [1.807, 2.05) is 0 Å². The molecule has 126 valence electrons. The predicted octanol–water partition coefficient (Wildman–Crippen LogP) is 2.14. The molecule has 0 amide bonds. The van der Waals surface area contributed by atoms with E-state index in [2.05, 4.69) is 35.7 Å². The minimum atomic E-state index is -4.20. The largest absolute Gasteiger partial charge is 0.493 e. The zero-order valence-electron chi connectivity index (χ0n) is 12.5. The van der Waals surface area contributed by atoms with Crippen molar-refractivity contribution in [2.45, 2.75) is 12.1 Å². The number of pyridine rings is 2. The van der Waals surface area contributed by atoms with E-state index in [-0.39, 0.29) is 11.3 Å². The van der Waals surface area contributed by atoms with Crippen LogP contribution in [0, 0.1) is 12.9 Å². The quantitative estimate of drug-likeness (QED) is 0.655. The Bertz CT molecular complexity index is 1020. The third-order valence-corrected chi connectivity index (χ3v) is 4.72. The van der Waals surface area contributed by atoms with E-state index < -0.39 is 21.1 Å². The molecule has 0 radical (unpaired) electrons. The number of aryl methyl sites for hydroxylation is 1. The Labute approximate surface area is 144 Å². The van der Waals surface area contributed by atoms with Crippen LogP contribution in [-0.2, 0) is 10.0 Å². The van der Waals surface area contributed by atoms with E-state index in [0.29, 0.717) is 15.8 Å². The number of halogens is 2. The summed E-state index contributed by atoms with van der Waals surface area (Å²) in [5, 5.41) is 3.40. The zero-order chi connectivity index (χ0) is 17.5. The van der Waals surface area contributed by atoms with E-state index in [9.17, 15) is 12.8 Å². The lowest BCUT2D eigenvalue weighted by atomic mass is 10.2. The lowest BCUT2D eigenvalue weighted by Gasteiger charge is -2.07. The zero-order valence-corrected chi connectivity index (χ0v) is 14.9. The number of nitrogens with zero attached hydrogens (tertiary/aromatic N) is 4. The second-order valence-corrected chi connectivity index (χ2v) is 7.28.